The Bertz CT molecular complexity index is 653. The smallest absolute Gasteiger partial charge is 0.306 e. The van der Waals surface area contributed by atoms with E-state index in [4.69, 9.17) is 4.74 Å². The van der Waals surface area contributed by atoms with E-state index in [1.54, 1.807) is 0 Å². The minimum atomic E-state index is -0.146. The fourth-order valence-electron chi connectivity index (χ4n) is 3.15. The lowest BCUT2D eigenvalue weighted by Gasteiger charge is -2.27. The number of rotatable bonds is 10. The summed E-state index contributed by atoms with van der Waals surface area (Å²) in [6.07, 6.45) is 4.89. The number of hydrogen-bond acceptors (Lipinski definition) is 4. The highest BCUT2D eigenvalue weighted by atomic mass is 32.2. The summed E-state index contributed by atoms with van der Waals surface area (Å²) in [5.41, 5.74) is 2.01. The summed E-state index contributed by atoms with van der Waals surface area (Å²) < 4.78 is 5.50. The molecule has 1 N–H and O–H groups in total. The van der Waals surface area contributed by atoms with Gasteiger partial charge in [-0.2, -0.15) is 0 Å². The number of phenols is 1. The van der Waals surface area contributed by atoms with E-state index in [0.717, 1.165) is 23.3 Å². The first-order chi connectivity index (χ1) is 13.4. The van der Waals surface area contributed by atoms with Crippen molar-refractivity contribution in [1.82, 2.24) is 0 Å². The van der Waals surface area contributed by atoms with E-state index in [2.05, 4.69) is 67.5 Å². The van der Waals surface area contributed by atoms with E-state index >= 15 is 0 Å². The van der Waals surface area contributed by atoms with Gasteiger partial charge in [-0.1, -0.05) is 80.7 Å². The highest BCUT2D eigenvalue weighted by molar-refractivity contribution is 7.99. The summed E-state index contributed by atoms with van der Waals surface area (Å²) in [5.74, 6) is 1.27. The lowest BCUT2D eigenvalue weighted by atomic mass is 9.80. The van der Waals surface area contributed by atoms with E-state index in [1.165, 1.54) is 30.2 Å². The number of esters is 1. The third-order valence-electron chi connectivity index (χ3n) is 5.34. The number of carbonyl (C=O) groups excluding carboxylic acids is 1. The molecule has 1 unspecified atom stereocenters. The molecule has 4 heteroatoms. The van der Waals surface area contributed by atoms with Crippen LogP contribution in [0.1, 0.15) is 98.6 Å². The zero-order valence-corrected chi connectivity index (χ0v) is 20.7. The van der Waals surface area contributed by atoms with Crippen LogP contribution < -0.4 is 0 Å². The van der Waals surface area contributed by atoms with Gasteiger partial charge in [-0.05, 0) is 34.8 Å². The molecule has 1 rings (SSSR count). The van der Waals surface area contributed by atoms with Gasteiger partial charge in [0.2, 0.25) is 0 Å². The molecule has 1 aromatic rings. The summed E-state index contributed by atoms with van der Waals surface area (Å²) in [6, 6.07) is 4.19. The predicted octanol–water partition coefficient (Wildman–Crippen LogP) is 7.23. The Morgan fingerprint density at radius 1 is 1.10 bits per heavy atom. The molecule has 0 aliphatic carbocycles. The molecule has 1 aromatic carbocycles. The first-order valence-corrected chi connectivity index (χ1v) is 12.0. The van der Waals surface area contributed by atoms with Gasteiger partial charge in [-0.15, -0.1) is 11.8 Å². The molecule has 3 nitrogen and oxygen atoms in total. The molecule has 0 fully saturated rings. The van der Waals surface area contributed by atoms with Crippen LogP contribution in [0.5, 0.6) is 5.75 Å². The predicted molar refractivity (Wildman–Crippen MR) is 125 cm³/mol. The maximum absolute atomic E-state index is 12.2. The van der Waals surface area contributed by atoms with E-state index in [1.807, 2.05) is 0 Å². The molecule has 0 saturated carbocycles. The Kier molecular flexibility index (Phi) is 10.1. The van der Waals surface area contributed by atoms with Gasteiger partial charge in [-0.3, -0.25) is 4.79 Å². The number of carbonyl (C=O) groups is 1. The van der Waals surface area contributed by atoms with Crippen molar-refractivity contribution < 1.29 is 14.6 Å². The van der Waals surface area contributed by atoms with Gasteiger partial charge >= 0.3 is 5.97 Å². The molecule has 0 radical (unpaired) electrons. The third kappa shape index (κ3) is 8.62. The highest BCUT2D eigenvalue weighted by Gasteiger charge is 2.25. The van der Waals surface area contributed by atoms with Crippen LogP contribution in [0.25, 0.3) is 0 Å². The molecule has 0 aliphatic heterocycles. The number of benzene rings is 1. The zero-order valence-electron chi connectivity index (χ0n) is 19.9. The highest BCUT2D eigenvalue weighted by Crippen LogP contribution is 2.41. The van der Waals surface area contributed by atoms with Crippen LogP contribution in [0, 0.1) is 5.92 Å². The molecule has 0 amide bonds. The van der Waals surface area contributed by atoms with Gasteiger partial charge in [0.1, 0.15) is 5.75 Å². The minimum Gasteiger partial charge on any atom is -0.506 e. The van der Waals surface area contributed by atoms with E-state index in [-0.39, 0.29) is 16.8 Å². The third-order valence-corrected chi connectivity index (χ3v) is 6.37. The Morgan fingerprint density at radius 2 is 1.76 bits per heavy atom. The molecule has 0 aliphatic rings. The Hall–Kier alpha value is -1.16. The summed E-state index contributed by atoms with van der Waals surface area (Å²) in [5, 5.41) is 10.8. The van der Waals surface area contributed by atoms with Crippen LogP contribution in [0.3, 0.4) is 0 Å². The Balaban J connectivity index is 2.75. The van der Waals surface area contributed by atoms with Gasteiger partial charge in [-0.25, -0.2) is 0 Å². The topological polar surface area (TPSA) is 46.5 Å². The van der Waals surface area contributed by atoms with Crippen molar-refractivity contribution in [3.05, 3.63) is 23.3 Å². The molecule has 29 heavy (non-hydrogen) atoms. The second-order valence-electron chi connectivity index (χ2n) is 10.1. The average molecular weight is 423 g/mol. The van der Waals surface area contributed by atoms with E-state index in [0.29, 0.717) is 30.4 Å². The van der Waals surface area contributed by atoms with Gasteiger partial charge in [0.25, 0.3) is 0 Å². The molecule has 0 heterocycles. The Morgan fingerprint density at radius 3 is 2.28 bits per heavy atom. The van der Waals surface area contributed by atoms with Gasteiger partial charge in [0.15, 0.2) is 0 Å². The van der Waals surface area contributed by atoms with Crippen LogP contribution in [-0.4, -0.2) is 23.4 Å². The standard InChI is InChI=1S/C25H42O3S/c1-9-11-12-18(10-2)17-28-22(26)13-14-29-21-16-19(24(3,4)5)15-20(23(21)27)25(6,7)8/h15-16,18,27H,9-14,17H2,1-8H3. The molecule has 166 valence electrons. The van der Waals surface area contributed by atoms with Gasteiger partial charge in [0.05, 0.1) is 13.0 Å². The second kappa shape index (κ2) is 11.3. The van der Waals surface area contributed by atoms with E-state index < -0.39 is 0 Å². The fraction of sp³-hybridized carbons (Fsp3) is 0.720. The molecule has 1 atom stereocenters. The SMILES string of the molecule is CCCCC(CC)COC(=O)CCSc1cc(C(C)(C)C)cc(C(C)(C)C)c1O. The number of thioether (sulfide) groups is 1. The molecular weight excluding hydrogens is 380 g/mol. The molecule has 0 aromatic heterocycles. The normalized spacial score (nSPS) is 13.4. The van der Waals surface area contributed by atoms with E-state index in [9.17, 15) is 9.90 Å². The molecule has 0 spiro atoms. The molecule has 0 saturated heterocycles. The minimum absolute atomic E-state index is 0.00437. The van der Waals surface area contributed by atoms with Crippen molar-refractivity contribution in [1.29, 1.82) is 0 Å². The number of phenolic OH excluding ortho intramolecular Hbond substituents is 1. The first kappa shape index (κ1) is 25.9. The number of hydrogen-bond donors (Lipinski definition) is 1. The maximum Gasteiger partial charge on any atom is 0.306 e. The summed E-state index contributed by atoms with van der Waals surface area (Å²) in [7, 11) is 0. The summed E-state index contributed by atoms with van der Waals surface area (Å²) >= 11 is 1.54. The van der Waals surface area contributed by atoms with Crippen molar-refractivity contribution in [3.63, 3.8) is 0 Å². The quantitative estimate of drug-likeness (QED) is 0.319. The second-order valence-corrected chi connectivity index (χ2v) is 11.2. The van der Waals surface area contributed by atoms with Gasteiger partial charge < -0.3 is 9.84 Å². The van der Waals surface area contributed by atoms with Crippen LogP contribution in [0.4, 0.5) is 0 Å². The first-order valence-electron chi connectivity index (χ1n) is 11.1. The number of unbranched alkanes of at least 4 members (excludes halogenated alkanes) is 1. The lowest BCUT2D eigenvalue weighted by Crippen LogP contribution is -2.17. The van der Waals surface area contributed by atoms with Crippen LogP contribution in [0.2, 0.25) is 0 Å². The van der Waals surface area contributed by atoms with Crippen LogP contribution in [0.15, 0.2) is 17.0 Å². The van der Waals surface area contributed by atoms with Crippen molar-refractivity contribution in [3.8, 4) is 5.75 Å². The fourth-order valence-corrected chi connectivity index (χ4v) is 4.09. The van der Waals surface area contributed by atoms with Gasteiger partial charge in [0, 0.05) is 16.2 Å². The molecular formula is C25H42O3S. The summed E-state index contributed by atoms with van der Waals surface area (Å²) in [6.45, 7) is 17.8. The summed E-state index contributed by atoms with van der Waals surface area (Å²) in [4.78, 5) is 13.0. The van der Waals surface area contributed by atoms with Crippen molar-refractivity contribution >= 4 is 17.7 Å². The number of ether oxygens (including phenoxy) is 1. The monoisotopic (exact) mass is 422 g/mol. The largest absolute Gasteiger partial charge is 0.506 e. The average Bonchev–Trinajstić information content (AvgIpc) is 2.61. The van der Waals surface area contributed by atoms with Crippen LogP contribution >= 0.6 is 11.8 Å². The molecule has 0 bridgehead atoms. The number of aromatic hydroxyl groups is 1. The Labute approximate surface area is 183 Å². The van der Waals surface area contributed by atoms with Crippen molar-refractivity contribution in [2.24, 2.45) is 5.92 Å². The zero-order chi connectivity index (χ0) is 22.2. The lowest BCUT2D eigenvalue weighted by molar-refractivity contribution is -0.144. The van der Waals surface area contributed by atoms with Crippen LogP contribution in [-0.2, 0) is 20.4 Å². The maximum atomic E-state index is 12.2. The van der Waals surface area contributed by atoms with Crippen molar-refractivity contribution in [2.45, 2.75) is 103 Å². The van der Waals surface area contributed by atoms with Crippen molar-refractivity contribution in [2.75, 3.05) is 12.4 Å².